The third kappa shape index (κ3) is 2.84. The Balaban J connectivity index is 1.52. The molecule has 1 fully saturated rings. The Morgan fingerprint density at radius 2 is 2.35 bits per heavy atom. The Labute approximate surface area is 116 Å². The Kier molecular flexibility index (Phi) is 3.45. The highest BCUT2D eigenvalue weighted by molar-refractivity contribution is 6.06. The molecule has 0 unspecified atom stereocenters. The quantitative estimate of drug-likeness (QED) is 0.627. The molecule has 1 saturated carbocycles. The van der Waals surface area contributed by atoms with Crippen LogP contribution in [0.4, 0.5) is 0 Å². The second-order valence-corrected chi connectivity index (χ2v) is 4.93. The fourth-order valence-electron chi connectivity index (χ4n) is 2.05. The van der Waals surface area contributed by atoms with Crippen molar-refractivity contribution in [3.8, 4) is 11.5 Å². The summed E-state index contributed by atoms with van der Waals surface area (Å²) in [7, 11) is 0. The van der Waals surface area contributed by atoms with E-state index in [0.29, 0.717) is 36.3 Å². The second-order valence-electron chi connectivity index (χ2n) is 4.93. The van der Waals surface area contributed by atoms with E-state index < -0.39 is 0 Å². The van der Waals surface area contributed by atoms with E-state index in [9.17, 15) is 4.79 Å². The number of carbonyl (C=O) groups excluding carboxylic acids is 1. The fraction of sp³-hybridized carbons (Fsp3) is 0.429. The summed E-state index contributed by atoms with van der Waals surface area (Å²) in [6.07, 6.45) is 2.52. The van der Waals surface area contributed by atoms with Gasteiger partial charge in [-0.1, -0.05) is 5.16 Å². The molecule has 1 aliphatic heterocycles. The highest BCUT2D eigenvalue weighted by Crippen LogP contribution is 2.29. The molecule has 2 N–H and O–H groups in total. The maximum Gasteiger partial charge on any atom is 0.223 e. The van der Waals surface area contributed by atoms with E-state index in [2.05, 4.69) is 10.5 Å². The number of amides is 1. The molecule has 0 atom stereocenters. The van der Waals surface area contributed by atoms with Gasteiger partial charge in [-0.05, 0) is 25.0 Å². The Bertz CT molecular complexity index is 552. The highest BCUT2D eigenvalue weighted by Gasteiger charge is 2.23. The molecule has 106 valence electrons. The molecule has 0 bridgehead atoms. The SMILES string of the molecule is O=C(CCOc1ccc2c(c1)OC/C2=N/O)NC1CC1. The van der Waals surface area contributed by atoms with E-state index in [-0.39, 0.29) is 12.5 Å². The summed E-state index contributed by atoms with van der Waals surface area (Å²) < 4.78 is 10.9. The minimum atomic E-state index is 0.0274. The number of benzene rings is 1. The Morgan fingerprint density at radius 1 is 1.50 bits per heavy atom. The lowest BCUT2D eigenvalue weighted by Crippen LogP contribution is -2.26. The van der Waals surface area contributed by atoms with Crippen molar-refractivity contribution >= 4 is 11.6 Å². The van der Waals surface area contributed by atoms with Gasteiger partial charge in [0.15, 0.2) is 0 Å². The summed E-state index contributed by atoms with van der Waals surface area (Å²) in [6, 6.07) is 5.69. The zero-order chi connectivity index (χ0) is 13.9. The van der Waals surface area contributed by atoms with Gasteiger partial charge in [0.1, 0.15) is 23.8 Å². The van der Waals surface area contributed by atoms with Crippen molar-refractivity contribution < 1.29 is 19.5 Å². The summed E-state index contributed by atoms with van der Waals surface area (Å²) in [4.78, 5) is 11.5. The maximum absolute atomic E-state index is 11.5. The first-order valence-corrected chi connectivity index (χ1v) is 6.66. The average molecular weight is 276 g/mol. The number of hydrogen-bond acceptors (Lipinski definition) is 5. The Hall–Kier alpha value is -2.24. The van der Waals surface area contributed by atoms with Crippen LogP contribution < -0.4 is 14.8 Å². The van der Waals surface area contributed by atoms with Gasteiger partial charge < -0.3 is 20.0 Å². The van der Waals surface area contributed by atoms with E-state index in [0.717, 1.165) is 18.4 Å². The van der Waals surface area contributed by atoms with Crippen LogP contribution >= 0.6 is 0 Å². The summed E-state index contributed by atoms with van der Waals surface area (Å²) in [5.74, 6) is 1.31. The molecule has 6 nitrogen and oxygen atoms in total. The van der Waals surface area contributed by atoms with Crippen LogP contribution in [0.5, 0.6) is 11.5 Å². The van der Waals surface area contributed by atoms with Crippen molar-refractivity contribution in [2.75, 3.05) is 13.2 Å². The van der Waals surface area contributed by atoms with Gasteiger partial charge in [0, 0.05) is 17.7 Å². The van der Waals surface area contributed by atoms with Gasteiger partial charge in [-0.2, -0.15) is 0 Å². The van der Waals surface area contributed by atoms with Crippen molar-refractivity contribution in [2.24, 2.45) is 5.16 Å². The molecule has 20 heavy (non-hydrogen) atoms. The Morgan fingerprint density at radius 3 is 3.10 bits per heavy atom. The topological polar surface area (TPSA) is 80.2 Å². The third-order valence-electron chi connectivity index (χ3n) is 3.29. The van der Waals surface area contributed by atoms with Gasteiger partial charge in [0.05, 0.1) is 13.0 Å². The minimum Gasteiger partial charge on any atom is -0.493 e. The van der Waals surface area contributed by atoms with E-state index in [1.54, 1.807) is 18.2 Å². The molecule has 1 aromatic carbocycles. The zero-order valence-electron chi connectivity index (χ0n) is 11.0. The largest absolute Gasteiger partial charge is 0.493 e. The first-order chi connectivity index (χ1) is 9.76. The van der Waals surface area contributed by atoms with Gasteiger partial charge >= 0.3 is 0 Å². The summed E-state index contributed by atoms with van der Waals surface area (Å²) >= 11 is 0. The van der Waals surface area contributed by atoms with Crippen molar-refractivity contribution in [1.29, 1.82) is 0 Å². The molecular formula is C14H16N2O4. The van der Waals surface area contributed by atoms with Gasteiger partial charge in [-0.3, -0.25) is 4.79 Å². The van der Waals surface area contributed by atoms with Crippen molar-refractivity contribution in [1.82, 2.24) is 5.32 Å². The number of fused-ring (bicyclic) bond motifs is 1. The van der Waals surface area contributed by atoms with E-state index in [1.165, 1.54) is 0 Å². The molecule has 2 aliphatic rings. The number of nitrogens with one attached hydrogen (secondary N) is 1. The summed E-state index contributed by atoms with van der Waals surface area (Å²) in [6.45, 7) is 0.595. The molecule has 0 spiro atoms. The lowest BCUT2D eigenvalue weighted by molar-refractivity contribution is -0.121. The van der Waals surface area contributed by atoms with E-state index in [1.807, 2.05) is 0 Å². The number of oxime groups is 1. The van der Waals surface area contributed by atoms with Crippen molar-refractivity contribution in [2.45, 2.75) is 25.3 Å². The first-order valence-electron chi connectivity index (χ1n) is 6.66. The molecule has 1 aliphatic carbocycles. The molecule has 1 aromatic rings. The molecule has 0 saturated heterocycles. The van der Waals surface area contributed by atoms with Gasteiger partial charge in [-0.15, -0.1) is 0 Å². The molecule has 0 radical (unpaired) electrons. The number of ether oxygens (including phenoxy) is 2. The third-order valence-corrected chi connectivity index (χ3v) is 3.29. The lowest BCUT2D eigenvalue weighted by Gasteiger charge is -2.07. The predicted octanol–water partition coefficient (Wildman–Crippen LogP) is 1.30. The predicted molar refractivity (Wildman–Crippen MR) is 71.5 cm³/mol. The zero-order valence-corrected chi connectivity index (χ0v) is 11.0. The molecular weight excluding hydrogens is 260 g/mol. The van der Waals surface area contributed by atoms with Gasteiger partial charge in [0.25, 0.3) is 0 Å². The van der Waals surface area contributed by atoms with Crippen LogP contribution in [-0.4, -0.2) is 36.1 Å². The number of nitrogens with zero attached hydrogens (tertiary/aromatic N) is 1. The minimum absolute atomic E-state index is 0.0274. The molecule has 1 heterocycles. The van der Waals surface area contributed by atoms with Crippen molar-refractivity contribution in [3.05, 3.63) is 23.8 Å². The molecule has 6 heteroatoms. The van der Waals surface area contributed by atoms with Crippen LogP contribution in [0.2, 0.25) is 0 Å². The highest BCUT2D eigenvalue weighted by atomic mass is 16.5. The van der Waals surface area contributed by atoms with E-state index >= 15 is 0 Å². The summed E-state index contributed by atoms with van der Waals surface area (Å²) in [5.41, 5.74) is 1.28. The van der Waals surface area contributed by atoms with Crippen LogP contribution in [0.15, 0.2) is 23.4 Å². The molecule has 3 rings (SSSR count). The second kappa shape index (κ2) is 5.40. The van der Waals surface area contributed by atoms with E-state index in [4.69, 9.17) is 14.7 Å². The lowest BCUT2D eigenvalue weighted by atomic mass is 10.1. The molecule has 0 aromatic heterocycles. The number of hydrogen-bond donors (Lipinski definition) is 2. The number of rotatable bonds is 5. The molecule has 1 amide bonds. The summed E-state index contributed by atoms with van der Waals surface area (Å²) in [5, 5.41) is 14.9. The smallest absolute Gasteiger partial charge is 0.223 e. The first kappa shape index (κ1) is 12.8. The van der Waals surface area contributed by atoms with Gasteiger partial charge in [0.2, 0.25) is 5.91 Å². The van der Waals surface area contributed by atoms with Crippen LogP contribution in [0.3, 0.4) is 0 Å². The van der Waals surface area contributed by atoms with Crippen LogP contribution in [0.1, 0.15) is 24.8 Å². The van der Waals surface area contributed by atoms with Crippen LogP contribution in [-0.2, 0) is 4.79 Å². The van der Waals surface area contributed by atoms with Gasteiger partial charge in [-0.25, -0.2) is 0 Å². The monoisotopic (exact) mass is 276 g/mol. The normalized spacial score (nSPS) is 18.5. The van der Waals surface area contributed by atoms with Crippen LogP contribution in [0, 0.1) is 0 Å². The fourth-order valence-corrected chi connectivity index (χ4v) is 2.05. The maximum atomic E-state index is 11.5. The van der Waals surface area contributed by atoms with Crippen LogP contribution in [0.25, 0.3) is 0 Å². The standard InChI is InChI=1S/C14H16N2O4/c17-14(15-9-1-2-9)5-6-19-10-3-4-11-12(16-18)8-20-13(11)7-10/h3-4,7,9,18H,1-2,5-6,8H2,(H,15,17)/b16-12-. The average Bonchev–Trinajstić information content (AvgIpc) is 3.16. The number of carbonyl (C=O) groups is 1. The van der Waals surface area contributed by atoms with Crippen molar-refractivity contribution in [3.63, 3.8) is 0 Å².